The number of unbranched alkanes of at least 4 members (excludes halogenated alkanes) is 2. The van der Waals surface area contributed by atoms with Crippen molar-refractivity contribution in [3.05, 3.63) is 17.5 Å². The lowest BCUT2D eigenvalue weighted by Gasteiger charge is -2.12. The third-order valence-corrected chi connectivity index (χ3v) is 3.99. The molecule has 6 nitrogen and oxygen atoms in total. The second-order valence-corrected chi connectivity index (χ2v) is 6.03. The molecule has 2 rings (SSSR count). The summed E-state index contributed by atoms with van der Waals surface area (Å²) < 4.78 is 0. The summed E-state index contributed by atoms with van der Waals surface area (Å²) >= 11 is 1.55. The zero-order chi connectivity index (χ0) is 15.1. The molecule has 0 radical (unpaired) electrons. The number of nitrogens with one attached hydrogen (secondary N) is 1. The minimum atomic E-state index is -0.0749. The molecule has 0 aliphatic heterocycles. The molecule has 0 fully saturated rings. The molecule has 0 aliphatic carbocycles. The van der Waals surface area contributed by atoms with Crippen LogP contribution in [0.25, 0.3) is 10.7 Å². The minimum absolute atomic E-state index is 0.0749. The Bertz CT molecular complexity index is 551. The van der Waals surface area contributed by atoms with E-state index in [1.165, 1.54) is 17.6 Å². The van der Waals surface area contributed by atoms with Crippen LogP contribution in [0.4, 0.5) is 0 Å². The average Bonchev–Trinajstić information content (AvgIpc) is 3.09. The molecule has 1 amide bonds. The van der Waals surface area contributed by atoms with Crippen molar-refractivity contribution in [1.82, 2.24) is 25.5 Å². The summed E-state index contributed by atoms with van der Waals surface area (Å²) in [6, 6.07) is 4.05. The van der Waals surface area contributed by atoms with Gasteiger partial charge in [0.05, 0.1) is 4.88 Å². The summed E-state index contributed by atoms with van der Waals surface area (Å²) in [7, 11) is 0. The molecule has 0 saturated carbocycles. The molecule has 0 spiro atoms. The topological polar surface area (TPSA) is 72.7 Å². The van der Waals surface area contributed by atoms with Crippen molar-refractivity contribution in [3.8, 4) is 10.7 Å². The van der Waals surface area contributed by atoms with Crippen LogP contribution in [0.5, 0.6) is 0 Å². The highest BCUT2D eigenvalue weighted by molar-refractivity contribution is 7.13. The largest absolute Gasteiger partial charge is 0.352 e. The molecule has 0 unspecified atom stereocenters. The second-order valence-electron chi connectivity index (χ2n) is 5.09. The van der Waals surface area contributed by atoms with E-state index in [1.807, 2.05) is 24.4 Å². The number of amides is 1. The van der Waals surface area contributed by atoms with Gasteiger partial charge in [-0.15, -0.1) is 21.5 Å². The molecular weight excluding hydrogens is 286 g/mol. The summed E-state index contributed by atoms with van der Waals surface area (Å²) in [5.74, 6) is 0.489. The molecule has 0 aliphatic rings. The Hall–Kier alpha value is -1.76. The quantitative estimate of drug-likeness (QED) is 0.760. The fourth-order valence-corrected chi connectivity index (χ4v) is 2.68. The smallest absolute Gasteiger partial charge is 0.243 e. The summed E-state index contributed by atoms with van der Waals surface area (Å²) in [5.41, 5.74) is 0. The maximum atomic E-state index is 11.9. The van der Waals surface area contributed by atoms with Crippen LogP contribution in [0, 0.1) is 0 Å². The maximum absolute atomic E-state index is 11.9. The van der Waals surface area contributed by atoms with Crippen LogP contribution >= 0.6 is 11.3 Å². The molecule has 2 aromatic heterocycles. The highest BCUT2D eigenvalue weighted by atomic mass is 32.1. The van der Waals surface area contributed by atoms with Crippen molar-refractivity contribution >= 4 is 17.2 Å². The highest BCUT2D eigenvalue weighted by Gasteiger charge is 2.11. The van der Waals surface area contributed by atoms with E-state index >= 15 is 0 Å². The van der Waals surface area contributed by atoms with Gasteiger partial charge in [-0.2, -0.15) is 4.80 Å². The first-order valence-electron chi connectivity index (χ1n) is 7.30. The average molecular weight is 307 g/mol. The molecule has 7 heteroatoms. The van der Waals surface area contributed by atoms with E-state index in [2.05, 4.69) is 27.7 Å². The van der Waals surface area contributed by atoms with E-state index in [4.69, 9.17) is 0 Å². The number of carbonyl (C=O) groups excluding carboxylic acids is 1. The number of tetrazole rings is 1. The van der Waals surface area contributed by atoms with Crippen molar-refractivity contribution in [3.63, 3.8) is 0 Å². The lowest BCUT2D eigenvalue weighted by Crippen LogP contribution is -2.35. The third-order valence-electron chi connectivity index (χ3n) is 3.13. The number of hydrogen-bond donors (Lipinski definition) is 1. The first-order chi connectivity index (χ1) is 10.2. The van der Waals surface area contributed by atoms with Gasteiger partial charge < -0.3 is 5.32 Å². The Balaban J connectivity index is 1.80. The van der Waals surface area contributed by atoms with Crippen LogP contribution in [0.2, 0.25) is 0 Å². The SMILES string of the molecule is CCCCC[C@@H](C)NC(=O)Cn1nnc(-c2cccs2)n1. The van der Waals surface area contributed by atoms with Crippen LogP contribution in [-0.4, -0.2) is 32.2 Å². The molecule has 1 N–H and O–H groups in total. The van der Waals surface area contributed by atoms with Crippen molar-refractivity contribution in [2.45, 2.75) is 52.1 Å². The van der Waals surface area contributed by atoms with E-state index in [1.54, 1.807) is 11.3 Å². The molecular formula is C14H21N5OS. The van der Waals surface area contributed by atoms with Gasteiger partial charge in [0.2, 0.25) is 11.7 Å². The summed E-state index contributed by atoms with van der Waals surface area (Å²) in [6.45, 7) is 4.31. The Labute approximate surface area is 128 Å². The molecule has 0 aromatic carbocycles. The van der Waals surface area contributed by atoms with Gasteiger partial charge in [0.15, 0.2) is 0 Å². The van der Waals surface area contributed by atoms with E-state index in [9.17, 15) is 4.79 Å². The van der Waals surface area contributed by atoms with Crippen LogP contribution in [0.1, 0.15) is 39.5 Å². The number of nitrogens with zero attached hydrogens (tertiary/aromatic N) is 4. The molecule has 21 heavy (non-hydrogen) atoms. The predicted molar refractivity (Wildman–Crippen MR) is 82.9 cm³/mol. The molecule has 1 atom stereocenters. The Kier molecular flexibility index (Phi) is 5.86. The Morgan fingerprint density at radius 1 is 1.48 bits per heavy atom. The highest BCUT2D eigenvalue weighted by Crippen LogP contribution is 2.19. The van der Waals surface area contributed by atoms with Gasteiger partial charge in [-0.3, -0.25) is 4.79 Å². The molecule has 2 aromatic rings. The number of aromatic nitrogens is 4. The van der Waals surface area contributed by atoms with Crippen molar-refractivity contribution in [2.24, 2.45) is 0 Å². The van der Waals surface area contributed by atoms with E-state index in [0.29, 0.717) is 5.82 Å². The monoisotopic (exact) mass is 307 g/mol. The lowest BCUT2D eigenvalue weighted by molar-refractivity contribution is -0.122. The number of thiophene rings is 1. The Morgan fingerprint density at radius 3 is 3.05 bits per heavy atom. The van der Waals surface area contributed by atoms with Gasteiger partial charge in [-0.1, -0.05) is 32.3 Å². The van der Waals surface area contributed by atoms with Crippen LogP contribution < -0.4 is 5.32 Å². The maximum Gasteiger partial charge on any atom is 0.243 e. The number of carbonyl (C=O) groups is 1. The van der Waals surface area contributed by atoms with Crippen molar-refractivity contribution in [1.29, 1.82) is 0 Å². The molecule has 0 saturated heterocycles. The van der Waals surface area contributed by atoms with E-state index < -0.39 is 0 Å². The van der Waals surface area contributed by atoms with Crippen LogP contribution in [0.15, 0.2) is 17.5 Å². The number of hydrogen-bond acceptors (Lipinski definition) is 5. The van der Waals surface area contributed by atoms with Crippen molar-refractivity contribution < 1.29 is 4.79 Å². The van der Waals surface area contributed by atoms with Gasteiger partial charge in [0.1, 0.15) is 6.54 Å². The number of rotatable bonds is 8. The van der Waals surface area contributed by atoms with Gasteiger partial charge in [0, 0.05) is 6.04 Å². The minimum Gasteiger partial charge on any atom is -0.352 e. The predicted octanol–water partition coefficient (Wildman–Crippen LogP) is 2.49. The van der Waals surface area contributed by atoms with Gasteiger partial charge in [0.25, 0.3) is 0 Å². The van der Waals surface area contributed by atoms with E-state index in [0.717, 1.165) is 17.7 Å². The molecule has 0 bridgehead atoms. The van der Waals surface area contributed by atoms with Gasteiger partial charge >= 0.3 is 0 Å². The summed E-state index contributed by atoms with van der Waals surface area (Å²) in [5, 5.41) is 17.0. The van der Waals surface area contributed by atoms with Crippen molar-refractivity contribution in [2.75, 3.05) is 0 Å². The molecule has 2 heterocycles. The zero-order valence-corrected chi connectivity index (χ0v) is 13.3. The first-order valence-corrected chi connectivity index (χ1v) is 8.18. The third kappa shape index (κ3) is 4.93. The zero-order valence-electron chi connectivity index (χ0n) is 12.5. The summed E-state index contributed by atoms with van der Waals surface area (Å²) in [4.78, 5) is 14.2. The Morgan fingerprint density at radius 2 is 2.33 bits per heavy atom. The molecule has 114 valence electrons. The summed E-state index contributed by atoms with van der Waals surface area (Å²) in [6.07, 6.45) is 4.54. The van der Waals surface area contributed by atoms with Gasteiger partial charge in [-0.05, 0) is 30.0 Å². The normalized spacial score (nSPS) is 12.3. The lowest BCUT2D eigenvalue weighted by atomic mass is 10.1. The van der Waals surface area contributed by atoms with Crippen LogP contribution in [-0.2, 0) is 11.3 Å². The fraction of sp³-hybridized carbons (Fsp3) is 0.571. The first kappa shape index (κ1) is 15.6. The van der Waals surface area contributed by atoms with Crippen LogP contribution in [0.3, 0.4) is 0 Å². The second kappa shape index (κ2) is 7.87. The fourth-order valence-electron chi connectivity index (χ4n) is 2.04. The van der Waals surface area contributed by atoms with E-state index in [-0.39, 0.29) is 18.5 Å². The van der Waals surface area contributed by atoms with Gasteiger partial charge in [-0.25, -0.2) is 0 Å². The standard InChI is InChI=1S/C14H21N5OS/c1-3-4-5-7-11(2)15-13(20)10-19-17-14(16-18-19)12-8-6-9-21-12/h6,8-9,11H,3-5,7,10H2,1-2H3,(H,15,20)/t11-/m1/s1.